The molecule has 0 fully saturated rings. The van der Waals surface area contributed by atoms with E-state index in [0.717, 1.165) is 38.2 Å². The van der Waals surface area contributed by atoms with Crippen molar-refractivity contribution in [3.05, 3.63) is 74.4 Å². The predicted octanol–water partition coefficient (Wildman–Crippen LogP) is 6.45. The van der Waals surface area contributed by atoms with Crippen molar-refractivity contribution in [2.45, 2.75) is 6.92 Å². The van der Waals surface area contributed by atoms with Crippen LogP contribution in [0.4, 0.5) is 16.6 Å². The number of hydrogen-bond donors (Lipinski definition) is 3. The molecule has 0 unspecified atom stereocenters. The summed E-state index contributed by atoms with van der Waals surface area (Å²) in [6.07, 6.45) is 0. The lowest BCUT2D eigenvalue weighted by molar-refractivity contribution is 0.103. The van der Waals surface area contributed by atoms with Crippen molar-refractivity contribution in [2.75, 3.05) is 16.8 Å². The Balaban J connectivity index is 1.54. The lowest BCUT2D eigenvalue weighted by Gasteiger charge is -2.10. The van der Waals surface area contributed by atoms with Gasteiger partial charge in [0.2, 0.25) is 0 Å². The zero-order valence-electron chi connectivity index (χ0n) is 18.3. The van der Waals surface area contributed by atoms with Gasteiger partial charge >= 0.3 is 0 Å². The smallest absolute Gasteiger partial charge is 0.269 e. The van der Waals surface area contributed by atoms with Gasteiger partial charge < -0.3 is 11.5 Å². The van der Waals surface area contributed by atoms with Crippen LogP contribution < -0.4 is 16.8 Å². The second-order valence-corrected chi connectivity index (χ2v) is 10.5. The number of thiophene rings is 1. The molecule has 0 spiro atoms. The minimum atomic E-state index is -0.394. The summed E-state index contributed by atoms with van der Waals surface area (Å²) < 4.78 is 0.976. The zero-order valence-corrected chi connectivity index (χ0v) is 21.5. The van der Waals surface area contributed by atoms with Gasteiger partial charge in [0.25, 0.3) is 5.91 Å². The molecule has 10 heteroatoms. The quantitative estimate of drug-likeness (QED) is 0.231. The van der Waals surface area contributed by atoms with Gasteiger partial charge in [0, 0.05) is 26.4 Å². The first kappa shape index (κ1) is 23.0. The molecule has 5 N–H and O–H groups in total. The van der Waals surface area contributed by atoms with E-state index in [9.17, 15) is 10.1 Å². The number of carbonyl (C=O) groups excluding carboxylic acids is 1. The molecule has 0 saturated heterocycles. The fourth-order valence-corrected chi connectivity index (χ4v) is 5.69. The van der Waals surface area contributed by atoms with Gasteiger partial charge in [-0.25, -0.2) is 9.97 Å². The van der Waals surface area contributed by atoms with Crippen molar-refractivity contribution in [1.82, 2.24) is 9.97 Å². The Kier molecular flexibility index (Phi) is 5.98. The van der Waals surface area contributed by atoms with Crippen LogP contribution in [0, 0.1) is 18.3 Å². The zero-order chi connectivity index (χ0) is 24.7. The van der Waals surface area contributed by atoms with Crippen LogP contribution in [-0.4, -0.2) is 15.9 Å². The number of aromatic nitrogens is 2. The molecule has 0 radical (unpaired) electrons. The van der Waals surface area contributed by atoms with E-state index in [1.807, 2.05) is 60.8 Å². The number of nitriles is 1. The van der Waals surface area contributed by atoms with E-state index in [0.29, 0.717) is 20.9 Å². The van der Waals surface area contributed by atoms with Gasteiger partial charge in [0.15, 0.2) is 5.13 Å². The van der Waals surface area contributed by atoms with Gasteiger partial charge in [-0.05, 0) is 24.6 Å². The van der Waals surface area contributed by atoms with E-state index in [1.54, 1.807) is 0 Å². The number of carbonyl (C=O) groups is 1. The maximum atomic E-state index is 13.2. The van der Waals surface area contributed by atoms with E-state index < -0.39 is 5.91 Å². The second kappa shape index (κ2) is 9.11. The number of rotatable bonds is 4. The Labute approximate surface area is 217 Å². The average molecular weight is 561 g/mol. The molecular formula is C25H17BrN6OS2. The number of nitrogens with two attached hydrogens (primary N) is 2. The summed E-state index contributed by atoms with van der Waals surface area (Å²) >= 11 is 5.88. The first-order chi connectivity index (χ1) is 16.9. The highest BCUT2D eigenvalue weighted by Crippen LogP contribution is 2.43. The summed E-state index contributed by atoms with van der Waals surface area (Å²) in [6.45, 7) is 1.98. The van der Waals surface area contributed by atoms with E-state index in [-0.39, 0.29) is 21.9 Å². The van der Waals surface area contributed by atoms with E-state index in [4.69, 9.17) is 11.5 Å². The van der Waals surface area contributed by atoms with Crippen LogP contribution in [0.15, 0.2) is 58.4 Å². The second-order valence-electron chi connectivity index (χ2n) is 7.75. The van der Waals surface area contributed by atoms with Crippen molar-refractivity contribution >= 4 is 71.4 Å². The highest BCUT2D eigenvalue weighted by atomic mass is 79.9. The monoisotopic (exact) mass is 560 g/mol. The standard InChI is InChI=1S/C25H17BrN6OS2/c1-12-2-4-14(5-3-12)18-16(10-27)22(29)31-24-19(18)20(28)21(35-24)23(33)32-25-30-17(11-34-25)13-6-8-15(26)9-7-13/h2-9,11H,28H2,1H3,(H2,29,31)(H,30,32,33). The average Bonchev–Trinajstić information content (AvgIpc) is 3.43. The molecule has 0 aliphatic rings. The fraction of sp³-hybridized carbons (Fsp3) is 0.0400. The Morgan fingerprint density at radius 3 is 2.43 bits per heavy atom. The lowest BCUT2D eigenvalue weighted by Crippen LogP contribution is -2.11. The first-order valence-corrected chi connectivity index (χ1v) is 12.9. The minimum absolute atomic E-state index is 0.0999. The highest BCUT2D eigenvalue weighted by Gasteiger charge is 2.24. The van der Waals surface area contributed by atoms with Crippen molar-refractivity contribution < 1.29 is 4.79 Å². The third-order valence-electron chi connectivity index (χ3n) is 5.43. The van der Waals surface area contributed by atoms with Crippen LogP contribution in [0.1, 0.15) is 20.8 Å². The molecule has 172 valence electrons. The van der Waals surface area contributed by atoms with Gasteiger partial charge in [-0.1, -0.05) is 57.9 Å². The summed E-state index contributed by atoms with van der Waals surface area (Å²) in [5.41, 5.74) is 17.2. The first-order valence-electron chi connectivity index (χ1n) is 10.4. The number of thiazole rings is 1. The molecular weight excluding hydrogens is 544 g/mol. The van der Waals surface area contributed by atoms with Crippen LogP contribution in [0.5, 0.6) is 0 Å². The highest BCUT2D eigenvalue weighted by molar-refractivity contribution is 9.10. The Morgan fingerprint density at radius 2 is 1.74 bits per heavy atom. The maximum absolute atomic E-state index is 13.2. The number of pyridine rings is 1. The molecule has 5 rings (SSSR count). The SMILES string of the molecule is Cc1ccc(-c2c(C#N)c(N)nc3sc(C(=O)Nc4nc(-c5ccc(Br)cc5)cs4)c(N)c23)cc1. The van der Waals surface area contributed by atoms with E-state index >= 15 is 0 Å². The number of anilines is 3. The molecule has 0 aliphatic carbocycles. The van der Waals surface area contributed by atoms with Gasteiger partial charge in [-0.3, -0.25) is 10.1 Å². The van der Waals surface area contributed by atoms with Gasteiger partial charge in [-0.15, -0.1) is 22.7 Å². The van der Waals surface area contributed by atoms with Crippen LogP contribution in [0.25, 0.3) is 32.6 Å². The molecule has 0 bridgehead atoms. The summed E-state index contributed by atoms with van der Waals surface area (Å²) in [6, 6.07) is 17.6. The van der Waals surface area contributed by atoms with Crippen LogP contribution in [0.2, 0.25) is 0 Å². The Bertz CT molecular complexity index is 1630. The van der Waals surface area contributed by atoms with E-state index in [2.05, 4.69) is 37.3 Å². The van der Waals surface area contributed by atoms with Crippen LogP contribution >= 0.6 is 38.6 Å². The molecule has 0 aliphatic heterocycles. The van der Waals surface area contributed by atoms with Crippen molar-refractivity contribution in [2.24, 2.45) is 0 Å². The Morgan fingerprint density at radius 1 is 1.06 bits per heavy atom. The number of aryl methyl sites for hydroxylation is 1. The number of nitrogens with one attached hydrogen (secondary N) is 1. The summed E-state index contributed by atoms with van der Waals surface area (Å²) in [5, 5.41) is 15.5. The van der Waals surface area contributed by atoms with Crippen molar-refractivity contribution in [3.63, 3.8) is 0 Å². The molecule has 0 atom stereocenters. The predicted molar refractivity (Wildman–Crippen MR) is 147 cm³/mol. The number of benzene rings is 2. The summed E-state index contributed by atoms with van der Waals surface area (Å²) in [4.78, 5) is 22.9. The number of nitrogens with zero attached hydrogens (tertiary/aromatic N) is 3. The van der Waals surface area contributed by atoms with Crippen LogP contribution in [0.3, 0.4) is 0 Å². The fourth-order valence-electron chi connectivity index (χ4n) is 3.70. The lowest BCUT2D eigenvalue weighted by atomic mass is 9.96. The number of nitrogen functional groups attached to an aromatic ring is 2. The van der Waals surface area contributed by atoms with Crippen LogP contribution in [-0.2, 0) is 0 Å². The number of amides is 1. The molecule has 1 amide bonds. The van der Waals surface area contributed by atoms with Gasteiger partial charge in [0.05, 0.1) is 11.4 Å². The molecule has 0 saturated carbocycles. The summed E-state index contributed by atoms with van der Waals surface area (Å²) in [5.74, 6) is -0.294. The third-order valence-corrected chi connectivity index (χ3v) is 7.81. The molecule has 3 heterocycles. The molecule has 35 heavy (non-hydrogen) atoms. The third kappa shape index (κ3) is 4.25. The molecule has 3 aromatic heterocycles. The molecule has 5 aromatic rings. The molecule has 2 aromatic carbocycles. The van der Waals surface area contributed by atoms with E-state index in [1.165, 1.54) is 11.3 Å². The normalized spacial score (nSPS) is 10.9. The topological polar surface area (TPSA) is 131 Å². The largest absolute Gasteiger partial charge is 0.397 e. The number of fused-ring (bicyclic) bond motifs is 1. The minimum Gasteiger partial charge on any atom is -0.397 e. The van der Waals surface area contributed by atoms with Gasteiger partial charge in [-0.2, -0.15) is 5.26 Å². The van der Waals surface area contributed by atoms with Gasteiger partial charge in [0.1, 0.15) is 27.2 Å². The van der Waals surface area contributed by atoms with Crippen molar-refractivity contribution in [3.8, 4) is 28.5 Å². The number of hydrogen-bond acceptors (Lipinski definition) is 8. The summed E-state index contributed by atoms with van der Waals surface area (Å²) in [7, 11) is 0. The maximum Gasteiger partial charge on any atom is 0.269 e. The van der Waals surface area contributed by atoms with Crippen molar-refractivity contribution in [1.29, 1.82) is 5.26 Å². The molecule has 7 nitrogen and oxygen atoms in total. The number of halogens is 1. The Hall–Kier alpha value is -3.78.